The molecule has 0 saturated carbocycles. The molecule has 1 aliphatic rings. The zero-order valence-corrected chi connectivity index (χ0v) is 17.6. The van der Waals surface area contributed by atoms with Crippen LogP contribution >= 0.6 is 0 Å². The highest BCUT2D eigenvalue weighted by atomic mass is 16.5. The number of allylic oxidation sites excluding steroid dienone is 1. The molecule has 29 heavy (non-hydrogen) atoms. The zero-order chi connectivity index (χ0) is 20.9. The molecule has 0 aliphatic carbocycles. The molecule has 5 nitrogen and oxygen atoms in total. The molecule has 0 atom stereocenters. The minimum atomic E-state index is -0.472. The van der Waals surface area contributed by atoms with Crippen molar-refractivity contribution < 1.29 is 13.6 Å². The van der Waals surface area contributed by atoms with Crippen molar-refractivity contribution in [3.63, 3.8) is 0 Å². The SMILES string of the molecule is CCCc1cc(=O)oc2c1c1c(c3oc(C)c(C)c(=O)c32)/C=C\CCC(C)(C)O1. The van der Waals surface area contributed by atoms with Gasteiger partial charge in [0.2, 0.25) is 0 Å². The van der Waals surface area contributed by atoms with Gasteiger partial charge in [-0.2, -0.15) is 0 Å². The van der Waals surface area contributed by atoms with E-state index in [-0.39, 0.29) is 11.0 Å². The van der Waals surface area contributed by atoms with Gasteiger partial charge < -0.3 is 13.6 Å². The van der Waals surface area contributed by atoms with Gasteiger partial charge in [0.05, 0.1) is 10.9 Å². The molecular formula is C24H26O5. The molecule has 2 aromatic heterocycles. The van der Waals surface area contributed by atoms with Crippen molar-refractivity contribution in [3.8, 4) is 5.75 Å². The van der Waals surface area contributed by atoms with Crippen LogP contribution < -0.4 is 15.8 Å². The summed E-state index contributed by atoms with van der Waals surface area (Å²) >= 11 is 0. The maximum Gasteiger partial charge on any atom is 0.336 e. The van der Waals surface area contributed by atoms with Crippen molar-refractivity contribution in [1.29, 1.82) is 0 Å². The Hall–Kier alpha value is -2.82. The van der Waals surface area contributed by atoms with Gasteiger partial charge in [0, 0.05) is 11.6 Å². The standard InChI is InChI=1S/C24H26O5/c1-6-9-15-12-17(25)28-23-18(15)22-16(10-7-8-11-24(4,5)29-22)21-19(23)20(26)13(2)14(3)27-21/h7,10,12H,6,8-9,11H2,1-5H3/b10-7-. The Morgan fingerprint density at radius 2 is 1.83 bits per heavy atom. The molecule has 3 heterocycles. The first-order valence-electron chi connectivity index (χ1n) is 10.2. The highest BCUT2D eigenvalue weighted by molar-refractivity contribution is 6.10. The van der Waals surface area contributed by atoms with Gasteiger partial charge in [0.1, 0.15) is 22.5 Å². The predicted octanol–water partition coefficient (Wildman–Crippen LogP) is 5.43. The van der Waals surface area contributed by atoms with E-state index in [1.165, 1.54) is 6.07 Å². The van der Waals surface area contributed by atoms with E-state index in [1.54, 1.807) is 13.8 Å². The quantitative estimate of drug-likeness (QED) is 0.428. The molecule has 1 aromatic carbocycles. The fourth-order valence-electron chi connectivity index (χ4n) is 4.01. The van der Waals surface area contributed by atoms with Crippen LogP contribution in [0.5, 0.6) is 5.75 Å². The van der Waals surface area contributed by atoms with Crippen molar-refractivity contribution in [2.24, 2.45) is 0 Å². The third-order valence-electron chi connectivity index (χ3n) is 5.66. The van der Waals surface area contributed by atoms with Crippen LogP contribution in [-0.4, -0.2) is 5.60 Å². The molecule has 152 valence electrons. The lowest BCUT2D eigenvalue weighted by Crippen LogP contribution is -2.29. The number of hydrogen-bond donors (Lipinski definition) is 0. The Morgan fingerprint density at radius 1 is 1.07 bits per heavy atom. The van der Waals surface area contributed by atoms with Crippen LogP contribution in [0.25, 0.3) is 28.0 Å². The number of aryl methyl sites for hydroxylation is 2. The number of hydrogen-bond acceptors (Lipinski definition) is 5. The second-order valence-corrected chi connectivity index (χ2v) is 8.41. The Kier molecular flexibility index (Phi) is 4.64. The average molecular weight is 394 g/mol. The van der Waals surface area contributed by atoms with Crippen molar-refractivity contribution in [2.45, 2.75) is 65.9 Å². The molecule has 0 saturated heterocycles. The van der Waals surface area contributed by atoms with Crippen LogP contribution in [0.15, 0.2) is 30.6 Å². The maximum atomic E-state index is 13.2. The summed E-state index contributed by atoms with van der Waals surface area (Å²) in [7, 11) is 0. The molecule has 0 unspecified atom stereocenters. The van der Waals surface area contributed by atoms with Crippen LogP contribution in [0.4, 0.5) is 0 Å². The van der Waals surface area contributed by atoms with Gasteiger partial charge in [0.25, 0.3) is 0 Å². The smallest absolute Gasteiger partial charge is 0.336 e. The summed E-state index contributed by atoms with van der Waals surface area (Å²) in [5, 5.41) is 1.01. The highest BCUT2D eigenvalue weighted by Gasteiger charge is 2.29. The van der Waals surface area contributed by atoms with Gasteiger partial charge in [0.15, 0.2) is 16.6 Å². The van der Waals surface area contributed by atoms with Crippen molar-refractivity contribution >= 4 is 28.0 Å². The second-order valence-electron chi connectivity index (χ2n) is 8.41. The molecule has 4 rings (SSSR count). The first kappa shape index (κ1) is 19.5. The topological polar surface area (TPSA) is 69.7 Å². The van der Waals surface area contributed by atoms with Crippen LogP contribution in [0.1, 0.15) is 62.5 Å². The van der Waals surface area contributed by atoms with Crippen LogP contribution in [-0.2, 0) is 6.42 Å². The molecule has 0 spiro atoms. The van der Waals surface area contributed by atoms with Gasteiger partial charge in [-0.15, -0.1) is 0 Å². The number of ether oxygens (including phenoxy) is 1. The molecular weight excluding hydrogens is 368 g/mol. The van der Waals surface area contributed by atoms with Gasteiger partial charge in [-0.3, -0.25) is 4.79 Å². The normalized spacial score (nSPS) is 16.9. The first-order chi connectivity index (χ1) is 13.7. The zero-order valence-electron chi connectivity index (χ0n) is 17.6. The summed E-state index contributed by atoms with van der Waals surface area (Å²) in [5.74, 6) is 1.16. The van der Waals surface area contributed by atoms with E-state index in [4.69, 9.17) is 13.6 Å². The monoisotopic (exact) mass is 394 g/mol. The lowest BCUT2D eigenvalue weighted by molar-refractivity contribution is 0.101. The van der Waals surface area contributed by atoms with Crippen LogP contribution in [0.2, 0.25) is 0 Å². The minimum absolute atomic E-state index is 0.178. The van der Waals surface area contributed by atoms with Crippen molar-refractivity contribution in [1.82, 2.24) is 0 Å². The van der Waals surface area contributed by atoms with Crippen molar-refractivity contribution in [2.75, 3.05) is 0 Å². The van der Waals surface area contributed by atoms with Gasteiger partial charge in [-0.25, -0.2) is 4.79 Å². The molecule has 5 heteroatoms. The summed E-state index contributed by atoms with van der Waals surface area (Å²) in [5.41, 5.74) is 1.68. The number of rotatable bonds is 2. The van der Waals surface area contributed by atoms with Gasteiger partial charge in [-0.1, -0.05) is 25.5 Å². The van der Waals surface area contributed by atoms with Crippen LogP contribution in [0, 0.1) is 13.8 Å². The minimum Gasteiger partial charge on any atom is -0.486 e. The highest BCUT2D eigenvalue weighted by Crippen LogP contribution is 2.43. The van der Waals surface area contributed by atoms with Crippen LogP contribution in [0.3, 0.4) is 0 Å². The second kappa shape index (κ2) is 6.90. The Balaban J connectivity index is 2.33. The number of fused-ring (bicyclic) bond motifs is 6. The molecule has 0 bridgehead atoms. The van der Waals surface area contributed by atoms with E-state index in [0.717, 1.165) is 30.4 Å². The summed E-state index contributed by atoms with van der Waals surface area (Å²) in [6.07, 6.45) is 7.29. The molecule has 0 N–H and O–H groups in total. The maximum absolute atomic E-state index is 13.2. The lowest BCUT2D eigenvalue weighted by atomic mass is 9.94. The third kappa shape index (κ3) is 3.18. The summed E-state index contributed by atoms with van der Waals surface area (Å²) in [6, 6.07) is 1.51. The Labute approximate surface area is 169 Å². The van der Waals surface area contributed by atoms with E-state index < -0.39 is 11.2 Å². The molecule has 3 aromatic rings. The first-order valence-corrected chi connectivity index (χ1v) is 10.2. The van der Waals surface area contributed by atoms with E-state index in [9.17, 15) is 9.59 Å². The summed E-state index contributed by atoms with van der Waals surface area (Å²) < 4.78 is 18.2. The molecule has 0 radical (unpaired) electrons. The van der Waals surface area contributed by atoms with E-state index in [0.29, 0.717) is 39.8 Å². The summed E-state index contributed by atoms with van der Waals surface area (Å²) in [6.45, 7) is 9.64. The van der Waals surface area contributed by atoms with Gasteiger partial charge >= 0.3 is 5.63 Å². The van der Waals surface area contributed by atoms with E-state index >= 15 is 0 Å². The summed E-state index contributed by atoms with van der Waals surface area (Å²) in [4.78, 5) is 25.6. The average Bonchev–Trinajstić information content (AvgIpc) is 2.63. The number of benzene rings is 1. The fourth-order valence-corrected chi connectivity index (χ4v) is 4.01. The predicted molar refractivity (Wildman–Crippen MR) is 115 cm³/mol. The van der Waals surface area contributed by atoms with E-state index in [2.05, 4.69) is 13.0 Å². The third-order valence-corrected chi connectivity index (χ3v) is 5.66. The Morgan fingerprint density at radius 3 is 2.55 bits per heavy atom. The molecule has 0 amide bonds. The lowest BCUT2D eigenvalue weighted by Gasteiger charge is -2.30. The molecule has 0 fully saturated rings. The van der Waals surface area contributed by atoms with Gasteiger partial charge in [-0.05, 0) is 52.5 Å². The fraction of sp³-hybridized carbons (Fsp3) is 0.417. The largest absolute Gasteiger partial charge is 0.486 e. The van der Waals surface area contributed by atoms with Crippen molar-refractivity contribution in [3.05, 3.63) is 55.2 Å². The molecule has 1 aliphatic heterocycles. The van der Waals surface area contributed by atoms with E-state index in [1.807, 2.05) is 19.9 Å². The Bertz CT molecular complexity index is 1270.